The van der Waals surface area contributed by atoms with E-state index in [0.29, 0.717) is 0 Å². The molecule has 2 aliphatic heterocycles. The second-order valence-electron chi connectivity index (χ2n) is 2.58. The molecule has 2 aliphatic rings. The number of hydrogen-bond donors (Lipinski definition) is 0. The molecule has 1 atom stereocenters. The number of hydrogen-bond acceptors (Lipinski definition) is 2. The molecule has 0 saturated heterocycles. The van der Waals surface area contributed by atoms with Gasteiger partial charge in [0.15, 0.2) is 0 Å². The summed E-state index contributed by atoms with van der Waals surface area (Å²) >= 11 is 1.88. The molecule has 0 fully saturated rings. The molecular weight excluding hydrogens is 161 g/mol. The summed E-state index contributed by atoms with van der Waals surface area (Å²) in [4.78, 5) is 6.04. The Morgan fingerprint density at radius 2 is 2.60 bits per heavy atom. The number of nitrogens with zero attached hydrogens (tertiary/aromatic N) is 1. The maximum absolute atomic E-state index is 4.46. The first-order valence-corrected chi connectivity index (χ1v) is 6.08. The van der Waals surface area contributed by atoms with Crippen LogP contribution in [0.1, 0.15) is 13.3 Å². The van der Waals surface area contributed by atoms with E-state index in [1.807, 2.05) is 11.8 Å². The molecule has 0 saturated carbocycles. The van der Waals surface area contributed by atoms with Gasteiger partial charge in [-0.15, -0.1) is 0 Å². The first kappa shape index (κ1) is 6.87. The number of allylic oxidation sites excluding steroid dienone is 1. The number of fused-ring (bicyclic) bond motifs is 1. The summed E-state index contributed by atoms with van der Waals surface area (Å²) in [6, 6.07) is 0. The van der Waals surface area contributed by atoms with Gasteiger partial charge in [-0.3, -0.25) is 4.99 Å². The molecule has 54 valence electrons. The van der Waals surface area contributed by atoms with Crippen LogP contribution in [0.2, 0.25) is 0 Å². The smallest absolute Gasteiger partial charge is 0.0693 e. The number of rotatable bonds is 0. The molecule has 0 aromatic carbocycles. The summed E-state index contributed by atoms with van der Waals surface area (Å²) in [7, 11) is 0.181. The fourth-order valence-electron chi connectivity index (χ4n) is 1.19. The van der Waals surface area contributed by atoms with E-state index in [9.17, 15) is 0 Å². The Labute approximate surface area is 66.7 Å². The highest BCUT2D eigenvalue weighted by Crippen LogP contribution is 2.50. The van der Waals surface area contributed by atoms with Crippen molar-refractivity contribution in [3.63, 3.8) is 0 Å². The average molecular weight is 171 g/mol. The first-order chi connectivity index (χ1) is 4.84. The minimum absolute atomic E-state index is 0.181. The summed E-state index contributed by atoms with van der Waals surface area (Å²) in [5.41, 5.74) is 0. The highest BCUT2D eigenvalue weighted by atomic mass is 32.2. The van der Waals surface area contributed by atoms with E-state index in [0.717, 1.165) is 6.29 Å². The Kier molecular flexibility index (Phi) is 1.84. The topological polar surface area (TPSA) is 12.4 Å². The van der Waals surface area contributed by atoms with Gasteiger partial charge in [0.2, 0.25) is 0 Å². The van der Waals surface area contributed by atoms with Crippen LogP contribution in [0, 0.1) is 0 Å². The fraction of sp³-hybridized carbons (Fsp3) is 0.571. The standard InChI is InChI=1S/C7H10NPS/c1-6-8-5-9-3-2-7(4-9)10-6/h4H,2-3,5H2,1H3/t9-/m0/s1. The zero-order valence-electron chi connectivity index (χ0n) is 6.00. The zero-order valence-corrected chi connectivity index (χ0v) is 7.71. The Bertz CT molecular complexity index is 210. The molecule has 2 heterocycles. The summed E-state index contributed by atoms with van der Waals surface area (Å²) < 4.78 is 0. The Morgan fingerprint density at radius 3 is 3.50 bits per heavy atom. The van der Waals surface area contributed by atoms with Crippen molar-refractivity contribution in [1.82, 2.24) is 0 Å². The molecule has 2 rings (SSSR count). The predicted molar refractivity (Wildman–Crippen MR) is 50.1 cm³/mol. The van der Waals surface area contributed by atoms with Crippen LogP contribution >= 0.6 is 19.7 Å². The molecular formula is C7H10NPS. The van der Waals surface area contributed by atoms with Gasteiger partial charge in [-0.2, -0.15) is 0 Å². The summed E-state index contributed by atoms with van der Waals surface area (Å²) in [5.74, 6) is 2.46. The third-order valence-electron chi connectivity index (χ3n) is 1.73. The monoisotopic (exact) mass is 171 g/mol. The number of aliphatic imine (C=N–C) groups is 1. The lowest BCUT2D eigenvalue weighted by Crippen LogP contribution is -1.89. The van der Waals surface area contributed by atoms with Crippen molar-refractivity contribution >= 4 is 24.7 Å². The SMILES string of the molecule is CC1=NC[P@]2C=C(CC2)S1. The van der Waals surface area contributed by atoms with Crippen LogP contribution in [-0.4, -0.2) is 17.5 Å². The normalized spacial score (nSPS) is 31.1. The van der Waals surface area contributed by atoms with Crippen molar-refractivity contribution in [2.75, 3.05) is 12.4 Å². The van der Waals surface area contributed by atoms with Gasteiger partial charge in [0, 0.05) is 0 Å². The average Bonchev–Trinajstić information content (AvgIpc) is 2.22. The molecule has 0 radical (unpaired) electrons. The van der Waals surface area contributed by atoms with Gasteiger partial charge in [0.1, 0.15) is 0 Å². The van der Waals surface area contributed by atoms with Crippen molar-refractivity contribution in [2.45, 2.75) is 13.3 Å². The van der Waals surface area contributed by atoms with Gasteiger partial charge < -0.3 is 0 Å². The van der Waals surface area contributed by atoms with E-state index in [4.69, 9.17) is 0 Å². The largest absolute Gasteiger partial charge is 0.278 e. The molecule has 0 amide bonds. The van der Waals surface area contributed by atoms with Gasteiger partial charge in [-0.25, -0.2) is 0 Å². The maximum Gasteiger partial charge on any atom is 0.0693 e. The second kappa shape index (κ2) is 2.67. The van der Waals surface area contributed by atoms with Crippen LogP contribution in [0.5, 0.6) is 0 Å². The Balaban J connectivity index is 2.21. The van der Waals surface area contributed by atoms with E-state index in [-0.39, 0.29) is 7.92 Å². The van der Waals surface area contributed by atoms with E-state index in [2.05, 4.69) is 17.7 Å². The van der Waals surface area contributed by atoms with E-state index in [1.54, 1.807) is 4.91 Å². The van der Waals surface area contributed by atoms with Crippen LogP contribution in [0.4, 0.5) is 0 Å². The van der Waals surface area contributed by atoms with E-state index >= 15 is 0 Å². The van der Waals surface area contributed by atoms with Crippen LogP contribution < -0.4 is 0 Å². The molecule has 3 heteroatoms. The van der Waals surface area contributed by atoms with E-state index in [1.165, 1.54) is 17.6 Å². The fourth-order valence-corrected chi connectivity index (χ4v) is 4.62. The van der Waals surface area contributed by atoms with Crippen molar-refractivity contribution in [1.29, 1.82) is 0 Å². The van der Waals surface area contributed by atoms with Crippen LogP contribution in [0.15, 0.2) is 15.7 Å². The lowest BCUT2D eigenvalue weighted by Gasteiger charge is -2.04. The van der Waals surface area contributed by atoms with Crippen molar-refractivity contribution in [3.05, 3.63) is 10.7 Å². The van der Waals surface area contributed by atoms with E-state index < -0.39 is 0 Å². The quantitative estimate of drug-likeness (QED) is 0.510. The molecule has 1 nitrogen and oxygen atoms in total. The lowest BCUT2D eigenvalue weighted by molar-refractivity contribution is 1.22. The molecule has 0 aromatic rings. The highest BCUT2D eigenvalue weighted by Gasteiger charge is 2.18. The van der Waals surface area contributed by atoms with Gasteiger partial charge in [-0.05, 0) is 30.2 Å². The lowest BCUT2D eigenvalue weighted by atomic mass is 10.5. The maximum atomic E-state index is 4.46. The first-order valence-electron chi connectivity index (χ1n) is 3.48. The van der Waals surface area contributed by atoms with Gasteiger partial charge in [-0.1, -0.05) is 19.7 Å². The zero-order chi connectivity index (χ0) is 6.97. The third kappa shape index (κ3) is 1.28. The minimum Gasteiger partial charge on any atom is -0.278 e. The van der Waals surface area contributed by atoms with Gasteiger partial charge in [0.05, 0.1) is 11.3 Å². The molecule has 0 unspecified atom stereocenters. The molecule has 0 N–H and O–H groups in total. The van der Waals surface area contributed by atoms with Crippen LogP contribution in [-0.2, 0) is 0 Å². The van der Waals surface area contributed by atoms with Crippen molar-refractivity contribution in [3.8, 4) is 0 Å². The van der Waals surface area contributed by atoms with Gasteiger partial charge in [0.25, 0.3) is 0 Å². The molecule has 0 aliphatic carbocycles. The summed E-state index contributed by atoms with van der Waals surface area (Å²) in [6.45, 7) is 2.11. The van der Waals surface area contributed by atoms with Crippen molar-refractivity contribution < 1.29 is 0 Å². The molecule has 0 spiro atoms. The predicted octanol–water partition coefficient (Wildman–Crippen LogP) is 2.84. The van der Waals surface area contributed by atoms with Crippen LogP contribution in [0.3, 0.4) is 0 Å². The summed E-state index contributed by atoms with van der Waals surface area (Å²) in [6.07, 6.45) is 3.81. The summed E-state index contributed by atoms with van der Waals surface area (Å²) in [5, 5.41) is 1.26. The molecule has 2 bridgehead atoms. The highest BCUT2D eigenvalue weighted by molar-refractivity contribution is 8.17. The Hall–Kier alpha value is 0.190. The minimum atomic E-state index is 0.181. The van der Waals surface area contributed by atoms with Gasteiger partial charge >= 0.3 is 0 Å². The number of thioether (sulfide) groups is 1. The molecule has 0 aromatic heterocycles. The van der Waals surface area contributed by atoms with Crippen molar-refractivity contribution in [2.24, 2.45) is 4.99 Å². The third-order valence-corrected chi connectivity index (χ3v) is 4.89. The van der Waals surface area contributed by atoms with Crippen LogP contribution in [0.25, 0.3) is 0 Å². The Morgan fingerprint density at radius 1 is 1.70 bits per heavy atom. The second-order valence-corrected chi connectivity index (χ2v) is 6.06. The molecule has 10 heavy (non-hydrogen) atoms.